The van der Waals surface area contributed by atoms with Crippen molar-refractivity contribution in [2.75, 3.05) is 6.54 Å². The van der Waals surface area contributed by atoms with E-state index in [-0.39, 0.29) is 5.75 Å². The molecule has 0 saturated carbocycles. The molecule has 0 saturated heterocycles. The highest BCUT2D eigenvalue weighted by Crippen LogP contribution is 2.35. The zero-order chi connectivity index (χ0) is 17.5. The predicted octanol–water partition coefficient (Wildman–Crippen LogP) is 4.33. The van der Waals surface area contributed by atoms with E-state index in [1.165, 1.54) is 0 Å². The molecule has 126 valence electrons. The van der Waals surface area contributed by atoms with E-state index in [2.05, 4.69) is 18.5 Å². The number of nitrogens with one attached hydrogen (secondary N) is 1. The molecule has 3 heteroatoms. The highest BCUT2D eigenvalue weighted by Gasteiger charge is 2.13. The van der Waals surface area contributed by atoms with Crippen LogP contribution in [0.3, 0.4) is 0 Å². The van der Waals surface area contributed by atoms with Gasteiger partial charge in [-0.25, -0.2) is 0 Å². The first-order chi connectivity index (χ1) is 11.6. The molecule has 24 heavy (non-hydrogen) atoms. The van der Waals surface area contributed by atoms with E-state index in [1.807, 2.05) is 37.3 Å². The standard InChI is InChI=1S/C21H25NO2/c1-4-7-15-9-10-20(23)19(11-15)17-12-16(8-5-2)21(24)18(13-17)14-22-6-3/h4-5,9-13,22-24H,1-2,6-8,14H2,3H3. The van der Waals surface area contributed by atoms with Gasteiger partial charge in [-0.1, -0.05) is 25.1 Å². The second kappa shape index (κ2) is 8.37. The maximum Gasteiger partial charge on any atom is 0.123 e. The Bertz CT molecular complexity index is 735. The van der Waals surface area contributed by atoms with Crippen LogP contribution in [0.25, 0.3) is 11.1 Å². The molecule has 0 spiro atoms. The first-order valence-electron chi connectivity index (χ1n) is 8.20. The summed E-state index contributed by atoms with van der Waals surface area (Å²) >= 11 is 0. The van der Waals surface area contributed by atoms with E-state index >= 15 is 0 Å². The quantitative estimate of drug-likeness (QED) is 0.634. The molecule has 2 aromatic carbocycles. The summed E-state index contributed by atoms with van der Waals surface area (Å²) in [6.07, 6.45) is 4.93. The number of rotatable bonds is 8. The van der Waals surface area contributed by atoms with Crippen LogP contribution in [-0.2, 0) is 19.4 Å². The van der Waals surface area contributed by atoms with Crippen LogP contribution in [0, 0.1) is 0 Å². The van der Waals surface area contributed by atoms with Gasteiger partial charge in [0.25, 0.3) is 0 Å². The van der Waals surface area contributed by atoms with E-state index in [0.717, 1.165) is 40.8 Å². The van der Waals surface area contributed by atoms with Crippen molar-refractivity contribution in [1.29, 1.82) is 0 Å². The molecule has 3 N–H and O–H groups in total. The molecule has 0 bridgehead atoms. The van der Waals surface area contributed by atoms with E-state index < -0.39 is 0 Å². The van der Waals surface area contributed by atoms with Gasteiger partial charge in [0.15, 0.2) is 0 Å². The highest BCUT2D eigenvalue weighted by molar-refractivity contribution is 5.73. The van der Waals surface area contributed by atoms with E-state index in [4.69, 9.17) is 0 Å². The van der Waals surface area contributed by atoms with Gasteiger partial charge in [0, 0.05) is 17.7 Å². The Balaban J connectivity index is 2.56. The maximum absolute atomic E-state index is 10.5. The largest absolute Gasteiger partial charge is 0.507 e. The first-order valence-corrected chi connectivity index (χ1v) is 8.20. The number of phenols is 2. The number of aromatic hydroxyl groups is 2. The van der Waals surface area contributed by atoms with Gasteiger partial charge in [0.05, 0.1) is 0 Å². The van der Waals surface area contributed by atoms with Crippen LogP contribution in [0.1, 0.15) is 23.6 Å². The van der Waals surface area contributed by atoms with Crippen LogP contribution in [-0.4, -0.2) is 16.8 Å². The third-order valence-corrected chi connectivity index (χ3v) is 3.95. The zero-order valence-corrected chi connectivity index (χ0v) is 14.2. The third kappa shape index (κ3) is 4.06. The van der Waals surface area contributed by atoms with Gasteiger partial charge < -0.3 is 15.5 Å². The molecule has 0 fully saturated rings. The number of hydrogen-bond acceptors (Lipinski definition) is 3. The Morgan fingerprint density at radius 1 is 1.00 bits per heavy atom. The summed E-state index contributed by atoms with van der Waals surface area (Å²) in [6, 6.07) is 9.41. The molecule has 2 rings (SSSR count). The fourth-order valence-electron chi connectivity index (χ4n) is 2.73. The summed E-state index contributed by atoms with van der Waals surface area (Å²) < 4.78 is 0. The second-order valence-corrected chi connectivity index (χ2v) is 5.76. The van der Waals surface area contributed by atoms with Crippen LogP contribution in [0.15, 0.2) is 55.6 Å². The van der Waals surface area contributed by atoms with Crippen molar-refractivity contribution in [2.45, 2.75) is 26.3 Å². The summed E-state index contributed by atoms with van der Waals surface area (Å²) in [4.78, 5) is 0. The molecule has 0 aromatic heterocycles. The van der Waals surface area contributed by atoms with Gasteiger partial charge in [0.2, 0.25) is 0 Å². The van der Waals surface area contributed by atoms with E-state index in [0.29, 0.717) is 18.7 Å². The normalized spacial score (nSPS) is 10.5. The lowest BCUT2D eigenvalue weighted by atomic mass is 9.95. The molecule has 3 nitrogen and oxygen atoms in total. The molecular weight excluding hydrogens is 298 g/mol. The topological polar surface area (TPSA) is 52.5 Å². The average molecular weight is 323 g/mol. The minimum absolute atomic E-state index is 0.229. The van der Waals surface area contributed by atoms with Crippen LogP contribution in [0.4, 0.5) is 0 Å². The van der Waals surface area contributed by atoms with Crippen molar-refractivity contribution in [1.82, 2.24) is 5.32 Å². The molecular formula is C21H25NO2. The molecule has 0 amide bonds. The highest BCUT2D eigenvalue weighted by atomic mass is 16.3. The summed E-state index contributed by atoms with van der Waals surface area (Å²) in [7, 11) is 0. The Morgan fingerprint density at radius 2 is 1.71 bits per heavy atom. The molecule has 0 aliphatic rings. The van der Waals surface area contributed by atoms with Crippen LogP contribution in [0.2, 0.25) is 0 Å². The number of allylic oxidation sites excluding steroid dienone is 2. The lowest BCUT2D eigenvalue weighted by Gasteiger charge is -2.14. The molecule has 0 heterocycles. The third-order valence-electron chi connectivity index (χ3n) is 3.95. The first kappa shape index (κ1) is 17.8. The average Bonchev–Trinajstić information content (AvgIpc) is 2.58. The van der Waals surface area contributed by atoms with Crippen LogP contribution in [0.5, 0.6) is 11.5 Å². The van der Waals surface area contributed by atoms with Crippen LogP contribution >= 0.6 is 0 Å². The minimum atomic E-state index is 0.229. The van der Waals surface area contributed by atoms with Crippen molar-refractivity contribution >= 4 is 0 Å². The van der Waals surface area contributed by atoms with E-state index in [1.54, 1.807) is 12.1 Å². The lowest BCUT2D eigenvalue weighted by molar-refractivity contribution is 0.459. The van der Waals surface area contributed by atoms with E-state index in [9.17, 15) is 10.2 Å². The van der Waals surface area contributed by atoms with Gasteiger partial charge in [0.1, 0.15) is 11.5 Å². The molecule has 0 unspecified atom stereocenters. The Morgan fingerprint density at radius 3 is 2.38 bits per heavy atom. The lowest BCUT2D eigenvalue weighted by Crippen LogP contribution is -2.12. The Labute approximate surface area is 144 Å². The van der Waals surface area contributed by atoms with Gasteiger partial charge in [-0.15, -0.1) is 13.2 Å². The Hall–Kier alpha value is -2.52. The summed E-state index contributed by atoms with van der Waals surface area (Å²) in [5.41, 5.74) is 4.37. The fraction of sp³-hybridized carbons (Fsp3) is 0.238. The van der Waals surface area contributed by atoms with Gasteiger partial charge in [-0.05, 0) is 60.3 Å². The van der Waals surface area contributed by atoms with Gasteiger partial charge in [-0.3, -0.25) is 0 Å². The summed E-state index contributed by atoms with van der Waals surface area (Å²) in [5, 5.41) is 24.0. The summed E-state index contributed by atoms with van der Waals surface area (Å²) in [5.74, 6) is 0.522. The molecule has 0 atom stereocenters. The SMILES string of the molecule is C=CCc1ccc(O)c(-c2cc(CC=C)c(O)c(CNCC)c2)c1. The summed E-state index contributed by atoms with van der Waals surface area (Å²) in [6.45, 7) is 10.9. The predicted molar refractivity (Wildman–Crippen MR) is 100 cm³/mol. The smallest absolute Gasteiger partial charge is 0.123 e. The molecule has 2 aromatic rings. The van der Waals surface area contributed by atoms with Crippen LogP contribution < -0.4 is 5.32 Å². The number of hydrogen-bond donors (Lipinski definition) is 3. The van der Waals surface area contributed by atoms with Crippen molar-refractivity contribution in [3.63, 3.8) is 0 Å². The number of benzene rings is 2. The molecule has 0 radical (unpaired) electrons. The number of phenolic OH excluding ortho intramolecular Hbond substituents is 2. The monoisotopic (exact) mass is 323 g/mol. The minimum Gasteiger partial charge on any atom is -0.507 e. The second-order valence-electron chi connectivity index (χ2n) is 5.76. The molecule has 0 aliphatic carbocycles. The van der Waals surface area contributed by atoms with Crippen molar-refractivity contribution in [3.05, 3.63) is 72.3 Å². The van der Waals surface area contributed by atoms with Gasteiger partial charge >= 0.3 is 0 Å². The van der Waals surface area contributed by atoms with Crippen molar-refractivity contribution in [3.8, 4) is 22.6 Å². The zero-order valence-electron chi connectivity index (χ0n) is 14.2. The van der Waals surface area contributed by atoms with Gasteiger partial charge in [-0.2, -0.15) is 0 Å². The molecule has 0 aliphatic heterocycles. The fourth-order valence-corrected chi connectivity index (χ4v) is 2.73. The van der Waals surface area contributed by atoms with Crippen molar-refractivity contribution < 1.29 is 10.2 Å². The maximum atomic E-state index is 10.5. The van der Waals surface area contributed by atoms with Crippen molar-refractivity contribution in [2.24, 2.45) is 0 Å². The Kier molecular flexibility index (Phi) is 6.21.